The fourth-order valence-corrected chi connectivity index (χ4v) is 5.03. The number of aromatic nitrogens is 3. The Morgan fingerprint density at radius 2 is 1.74 bits per heavy atom. The highest BCUT2D eigenvalue weighted by atomic mass is 32.2. The molecule has 2 heterocycles. The number of pyridine rings is 1. The molecule has 4 N–H and O–H groups in total. The Balaban J connectivity index is 1.90. The second kappa shape index (κ2) is 8.96. The predicted octanol–water partition coefficient (Wildman–Crippen LogP) is 2.30. The van der Waals surface area contributed by atoms with E-state index in [0.717, 1.165) is 4.57 Å². The van der Waals surface area contributed by atoms with Crippen molar-refractivity contribution in [2.75, 3.05) is 10.0 Å². The minimum Gasteiger partial charge on any atom is -0.338 e. The second-order valence-corrected chi connectivity index (χ2v) is 10.7. The highest BCUT2D eigenvalue weighted by molar-refractivity contribution is 7.90. The van der Waals surface area contributed by atoms with Gasteiger partial charge in [0.2, 0.25) is 0 Å². The molecule has 1 aliphatic rings. The summed E-state index contributed by atoms with van der Waals surface area (Å²) < 4.78 is 43.7. The van der Waals surface area contributed by atoms with E-state index in [1.807, 2.05) is 0 Å². The van der Waals surface area contributed by atoms with Gasteiger partial charge in [-0.1, -0.05) is 12.1 Å². The average Bonchev–Trinajstić information content (AvgIpc) is 3.66. The number of halogens is 1. The Labute approximate surface area is 216 Å². The van der Waals surface area contributed by atoms with E-state index in [4.69, 9.17) is 5.14 Å². The van der Waals surface area contributed by atoms with Crippen molar-refractivity contribution in [1.29, 1.82) is 0 Å². The molecule has 0 atom stereocenters. The monoisotopic (exact) mass is 540 g/mol. The van der Waals surface area contributed by atoms with Crippen LogP contribution < -0.4 is 32.0 Å². The SMILES string of the molecule is Cc1ccc(Nc2c3c(=O)n(C4CC4)c(=O)n(-c4cccc(NS(N)(=O)=O)c4)c3c(C)c(=O)n2C)c(F)c1. The molecule has 38 heavy (non-hydrogen) atoms. The lowest BCUT2D eigenvalue weighted by molar-refractivity contribution is 0.603. The van der Waals surface area contributed by atoms with Crippen molar-refractivity contribution in [3.63, 3.8) is 0 Å². The first-order chi connectivity index (χ1) is 17.9. The zero-order valence-corrected chi connectivity index (χ0v) is 21.6. The van der Waals surface area contributed by atoms with E-state index in [-0.39, 0.29) is 45.4 Å². The Kier molecular flexibility index (Phi) is 5.99. The quantitative estimate of drug-likeness (QED) is 0.342. The van der Waals surface area contributed by atoms with Crippen LogP contribution in [0.2, 0.25) is 0 Å². The van der Waals surface area contributed by atoms with Gasteiger partial charge < -0.3 is 5.32 Å². The second-order valence-electron chi connectivity index (χ2n) is 9.39. The van der Waals surface area contributed by atoms with Crippen LogP contribution in [0.15, 0.2) is 56.8 Å². The van der Waals surface area contributed by atoms with Crippen molar-refractivity contribution in [3.8, 4) is 5.69 Å². The zero-order valence-electron chi connectivity index (χ0n) is 20.8. The van der Waals surface area contributed by atoms with Crippen molar-refractivity contribution in [1.82, 2.24) is 13.7 Å². The third-order valence-corrected chi connectivity index (χ3v) is 7.02. The normalized spacial score (nSPS) is 13.6. The molecule has 0 unspecified atom stereocenters. The van der Waals surface area contributed by atoms with Gasteiger partial charge >= 0.3 is 5.69 Å². The maximum Gasteiger partial charge on any atom is 0.336 e. The van der Waals surface area contributed by atoms with Crippen molar-refractivity contribution >= 4 is 38.3 Å². The number of hydrogen-bond acceptors (Lipinski definition) is 6. The predicted molar refractivity (Wildman–Crippen MR) is 143 cm³/mol. The first kappa shape index (κ1) is 25.4. The lowest BCUT2D eigenvalue weighted by atomic mass is 10.1. The van der Waals surface area contributed by atoms with E-state index in [0.29, 0.717) is 18.4 Å². The van der Waals surface area contributed by atoms with Crippen LogP contribution in [-0.2, 0) is 17.3 Å². The summed E-state index contributed by atoms with van der Waals surface area (Å²) in [4.78, 5) is 40.9. The molecular formula is C25H25FN6O5S. The van der Waals surface area contributed by atoms with E-state index in [9.17, 15) is 27.2 Å². The molecule has 4 aromatic rings. The summed E-state index contributed by atoms with van der Waals surface area (Å²) in [6.45, 7) is 3.22. The van der Waals surface area contributed by atoms with E-state index in [1.165, 1.54) is 53.4 Å². The fourth-order valence-electron chi connectivity index (χ4n) is 4.58. The number of nitrogens with two attached hydrogens (primary N) is 1. The summed E-state index contributed by atoms with van der Waals surface area (Å²) >= 11 is 0. The lowest BCUT2D eigenvalue weighted by Crippen LogP contribution is -2.41. The van der Waals surface area contributed by atoms with E-state index >= 15 is 0 Å². The van der Waals surface area contributed by atoms with Gasteiger partial charge in [0.05, 0.1) is 22.6 Å². The van der Waals surface area contributed by atoms with Crippen molar-refractivity contribution < 1.29 is 12.8 Å². The van der Waals surface area contributed by atoms with Crippen molar-refractivity contribution in [2.24, 2.45) is 12.2 Å². The Bertz CT molecular complexity index is 1920. The summed E-state index contributed by atoms with van der Waals surface area (Å²) in [6.07, 6.45) is 1.24. The molecule has 2 aromatic heterocycles. The lowest BCUT2D eigenvalue weighted by Gasteiger charge is -2.21. The molecule has 2 aromatic carbocycles. The Morgan fingerprint density at radius 1 is 1.03 bits per heavy atom. The third kappa shape index (κ3) is 4.39. The van der Waals surface area contributed by atoms with Crippen LogP contribution in [0.1, 0.15) is 30.0 Å². The van der Waals surface area contributed by atoms with Gasteiger partial charge in [0, 0.05) is 18.7 Å². The number of hydrogen-bond donors (Lipinski definition) is 3. The molecular weight excluding hydrogens is 515 g/mol. The number of nitrogens with one attached hydrogen (secondary N) is 2. The number of aryl methyl sites for hydroxylation is 2. The van der Waals surface area contributed by atoms with Crippen LogP contribution in [0.25, 0.3) is 16.6 Å². The van der Waals surface area contributed by atoms with Crippen LogP contribution >= 0.6 is 0 Å². The highest BCUT2D eigenvalue weighted by Crippen LogP contribution is 2.34. The molecule has 1 aliphatic carbocycles. The molecule has 11 nitrogen and oxygen atoms in total. The first-order valence-electron chi connectivity index (χ1n) is 11.7. The molecule has 1 fully saturated rings. The summed E-state index contributed by atoms with van der Waals surface area (Å²) in [6, 6.07) is 10.0. The summed E-state index contributed by atoms with van der Waals surface area (Å²) in [5.41, 5.74) is -0.649. The van der Waals surface area contributed by atoms with Gasteiger partial charge in [0.25, 0.3) is 21.3 Å². The van der Waals surface area contributed by atoms with Gasteiger partial charge in [-0.2, -0.15) is 8.42 Å². The molecule has 0 spiro atoms. The third-order valence-electron chi connectivity index (χ3n) is 6.50. The first-order valence-corrected chi connectivity index (χ1v) is 13.3. The number of nitrogens with zero attached hydrogens (tertiary/aromatic N) is 3. The molecule has 198 valence electrons. The fraction of sp³-hybridized carbons (Fsp3) is 0.240. The highest BCUT2D eigenvalue weighted by Gasteiger charge is 2.31. The maximum atomic E-state index is 14.8. The summed E-state index contributed by atoms with van der Waals surface area (Å²) in [5, 5.41) is 8.02. The Morgan fingerprint density at radius 3 is 2.37 bits per heavy atom. The minimum absolute atomic E-state index is 0.0147. The van der Waals surface area contributed by atoms with Crippen LogP contribution in [0.4, 0.5) is 21.6 Å². The van der Waals surface area contributed by atoms with Gasteiger partial charge in [-0.15, -0.1) is 0 Å². The molecule has 0 aliphatic heterocycles. The van der Waals surface area contributed by atoms with Crippen LogP contribution in [0.3, 0.4) is 0 Å². The molecule has 0 radical (unpaired) electrons. The van der Waals surface area contributed by atoms with E-state index in [2.05, 4.69) is 10.0 Å². The number of rotatable bonds is 6. The summed E-state index contributed by atoms with van der Waals surface area (Å²) in [7, 11) is -2.65. The van der Waals surface area contributed by atoms with Crippen LogP contribution in [0, 0.1) is 19.7 Å². The van der Waals surface area contributed by atoms with Gasteiger partial charge in [0.1, 0.15) is 17.0 Å². The van der Waals surface area contributed by atoms with Gasteiger partial charge in [0.15, 0.2) is 0 Å². The standard InChI is InChI=1S/C25H25FN6O5S/c1-13-7-10-19(18(26)11-13)28-22-20-21(14(2)23(33)30(22)3)31(25(35)32(24(20)34)16-8-9-16)17-6-4-5-15(12-17)29-38(27,36)37/h4-7,10-12,16,28-29H,8-9H2,1-3H3,(H2,27,36,37). The molecule has 0 saturated heterocycles. The van der Waals surface area contributed by atoms with Crippen LogP contribution in [0.5, 0.6) is 0 Å². The molecule has 13 heteroatoms. The smallest absolute Gasteiger partial charge is 0.336 e. The topological polar surface area (TPSA) is 150 Å². The van der Waals surface area contributed by atoms with Crippen LogP contribution in [-0.4, -0.2) is 22.1 Å². The molecule has 0 amide bonds. The number of fused-ring (bicyclic) bond motifs is 1. The minimum atomic E-state index is -4.11. The van der Waals surface area contributed by atoms with Crippen molar-refractivity contribution in [3.05, 3.63) is 90.6 Å². The Hall–Kier alpha value is -4.23. The zero-order chi connectivity index (χ0) is 27.5. The van der Waals surface area contributed by atoms with E-state index in [1.54, 1.807) is 19.1 Å². The largest absolute Gasteiger partial charge is 0.338 e. The number of anilines is 3. The average molecular weight is 541 g/mol. The molecule has 5 rings (SSSR count). The van der Waals surface area contributed by atoms with E-state index < -0.39 is 32.8 Å². The summed E-state index contributed by atoms with van der Waals surface area (Å²) in [5.74, 6) is -0.561. The molecule has 1 saturated carbocycles. The number of benzene rings is 2. The molecule has 0 bridgehead atoms. The maximum absolute atomic E-state index is 14.8. The van der Waals surface area contributed by atoms with Gasteiger partial charge in [-0.25, -0.2) is 14.3 Å². The van der Waals surface area contributed by atoms with Gasteiger partial charge in [-0.3, -0.25) is 28.0 Å². The van der Waals surface area contributed by atoms with Gasteiger partial charge in [-0.05, 0) is 62.6 Å². The van der Waals surface area contributed by atoms with Crippen molar-refractivity contribution in [2.45, 2.75) is 32.7 Å².